The van der Waals surface area contributed by atoms with Crippen molar-refractivity contribution in [2.45, 2.75) is 155 Å². The predicted molar refractivity (Wildman–Crippen MR) is 192 cm³/mol. The first-order valence-electron chi connectivity index (χ1n) is 19.8. The molecule has 2 heterocycles. The molecule has 0 aromatic rings. The van der Waals surface area contributed by atoms with Gasteiger partial charge in [0.15, 0.2) is 12.4 Å². The third kappa shape index (κ3) is 5.01. The van der Waals surface area contributed by atoms with Crippen molar-refractivity contribution in [1.29, 1.82) is 0 Å². The Morgan fingerprint density at radius 2 is 1.59 bits per heavy atom. The summed E-state index contributed by atoms with van der Waals surface area (Å²) >= 11 is 0. The molecular formula is C41H62O13. The first kappa shape index (κ1) is 40.3. The molecule has 4 saturated carbocycles. The smallest absolute Gasteiger partial charge is 0.335 e. The number of ether oxygens (including phenoxy) is 4. The summed E-state index contributed by atoms with van der Waals surface area (Å²) in [7, 11) is 0. The molecule has 0 amide bonds. The van der Waals surface area contributed by atoms with Gasteiger partial charge in [-0.3, -0.25) is 0 Å². The number of aliphatic hydroxyl groups excluding tert-OH is 6. The Bertz CT molecular complexity index is 1590. The number of rotatable bonds is 7. The van der Waals surface area contributed by atoms with Gasteiger partial charge in [-0.25, -0.2) is 9.59 Å². The highest BCUT2D eigenvalue weighted by Crippen LogP contribution is 2.77. The van der Waals surface area contributed by atoms with E-state index in [1.54, 1.807) is 19.9 Å². The first-order chi connectivity index (χ1) is 25.1. The molecule has 7 rings (SSSR count). The largest absolute Gasteiger partial charge is 0.479 e. The Balaban J connectivity index is 1.23. The number of carbonyl (C=O) groups is 2. The number of carbonyl (C=O) groups excluding carboxylic acids is 1. The Morgan fingerprint density at radius 3 is 2.20 bits per heavy atom. The highest BCUT2D eigenvalue weighted by molar-refractivity contribution is 5.87. The summed E-state index contributed by atoms with van der Waals surface area (Å²) in [6, 6.07) is 0. The van der Waals surface area contributed by atoms with Gasteiger partial charge in [0.25, 0.3) is 0 Å². The normalized spacial score (nSPS) is 53.4. The maximum Gasteiger partial charge on any atom is 0.335 e. The number of esters is 1. The molecule has 2 saturated heterocycles. The van der Waals surface area contributed by atoms with Gasteiger partial charge < -0.3 is 54.7 Å². The van der Waals surface area contributed by atoms with Crippen molar-refractivity contribution in [1.82, 2.24) is 0 Å². The van der Waals surface area contributed by atoms with E-state index in [4.69, 9.17) is 18.9 Å². The molecule has 18 unspecified atom stereocenters. The number of fused-ring (bicyclic) bond motifs is 7. The summed E-state index contributed by atoms with van der Waals surface area (Å²) in [6.45, 7) is 15.9. The van der Waals surface area contributed by atoms with E-state index in [2.05, 4.69) is 40.7 Å². The fourth-order valence-corrected chi connectivity index (χ4v) is 13.6. The van der Waals surface area contributed by atoms with Crippen LogP contribution in [0.15, 0.2) is 23.3 Å². The molecule has 13 heteroatoms. The molecule has 5 aliphatic carbocycles. The van der Waals surface area contributed by atoms with E-state index in [9.17, 15) is 45.3 Å². The highest BCUT2D eigenvalue weighted by Gasteiger charge is 2.79. The molecule has 0 spiro atoms. The van der Waals surface area contributed by atoms with Crippen molar-refractivity contribution >= 4 is 11.9 Å². The van der Waals surface area contributed by atoms with Crippen molar-refractivity contribution in [3.05, 3.63) is 23.3 Å². The predicted octanol–water partition coefficient (Wildman–Crippen LogP) is 2.48. The van der Waals surface area contributed by atoms with Crippen LogP contribution in [0.2, 0.25) is 0 Å². The lowest BCUT2D eigenvalue weighted by molar-refractivity contribution is -0.325. The van der Waals surface area contributed by atoms with E-state index in [1.165, 1.54) is 0 Å². The topological polar surface area (TPSA) is 213 Å². The lowest BCUT2D eigenvalue weighted by Crippen LogP contribution is -2.72. The van der Waals surface area contributed by atoms with E-state index in [0.717, 1.165) is 31.3 Å². The number of hydrogen-bond acceptors (Lipinski definition) is 12. The summed E-state index contributed by atoms with van der Waals surface area (Å²) in [6.07, 6.45) is -4.25. The van der Waals surface area contributed by atoms with E-state index in [-0.39, 0.29) is 36.4 Å². The molecule has 0 aromatic heterocycles. The zero-order valence-electron chi connectivity index (χ0n) is 32.9. The van der Waals surface area contributed by atoms with Crippen LogP contribution in [0.25, 0.3) is 0 Å². The molecule has 54 heavy (non-hydrogen) atoms. The van der Waals surface area contributed by atoms with Gasteiger partial charge in [-0.2, -0.15) is 0 Å². The van der Waals surface area contributed by atoms with Crippen molar-refractivity contribution in [2.75, 3.05) is 13.2 Å². The van der Waals surface area contributed by atoms with Crippen molar-refractivity contribution in [3.8, 4) is 0 Å². The lowest BCUT2D eigenvalue weighted by atomic mass is 9.33. The van der Waals surface area contributed by atoms with Gasteiger partial charge in [-0.1, -0.05) is 59.3 Å². The third-order valence-electron chi connectivity index (χ3n) is 17.0. The SMILES string of the molecule is CC=C(C)C(=O)OC1C2OC3C(O)C4(C)C(=CCC5C6(C)CCC(OC7OC(C(=O)O)C(O)C(O)C7O)C(C)(C)C6CCC54C)C(CC2(C)CO)C13CO. The van der Waals surface area contributed by atoms with Crippen LogP contribution in [-0.2, 0) is 28.5 Å². The van der Waals surface area contributed by atoms with Crippen LogP contribution in [-0.4, -0.2) is 122 Å². The fraction of sp³-hybridized carbons (Fsp3) is 0.854. The van der Waals surface area contributed by atoms with E-state index >= 15 is 0 Å². The van der Waals surface area contributed by atoms with Gasteiger partial charge in [-0.15, -0.1) is 0 Å². The standard InChI is InChI=1S/C41H62O13/c1-9-19(2)34(50)54-32-31-37(5,17-42)16-21-20-10-11-23-38(6)14-13-24(51-35-27(46)25(44)26(45)28(52-35)33(48)49)36(3,4)22(38)12-15-39(23,7)40(20,8)29(47)30(53-31)41(21,32)18-43/h9-10,21-32,35,42-47H,11-18H2,1-8H3,(H,48,49). The second-order valence-electron chi connectivity index (χ2n) is 19.4. The summed E-state index contributed by atoms with van der Waals surface area (Å²) in [5, 5.41) is 76.2. The number of aliphatic carboxylic acids is 1. The molecule has 2 bridgehead atoms. The second-order valence-corrected chi connectivity index (χ2v) is 19.4. The summed E-state index contributed by atoms with van der Waals surface area (Å²) in [4.78, 5) is 25.1. The monoisotopic (exact) mass is 762 g/mol. The molecule has 13 nitrogen and oxygen atoms in total. The minimum absolute atomic E-state index is 0.118. The van der Waals surface area contributed by atoms with Crippen LogP contribution in [0.3, 0.4) is 0 Å². The number of allylic oxidation sites excluding steroid dienone is 2. The molecule has 7 N–H and O–H groups in total. The fourth-order valence-electron chi connectivity index (χ4n) is 13.6. The average Bonchev–Trinajstić information content (AvgIpc) is 3.41. The summed E-state index contributed by atoms with van der Waals surface area (Å²) in [5.41, 5.74) is -2.31. The lowest BCUT2D eigenvalue weighted by Gasteiger charge is -2.72. The number of carboxylic acids is 1. The van der Waals surface area contributed by atoms with Gasteiger partial charge in [0.1, 0.15) is 30.5 Å². The number of carboxylic acid groups (broad SMARTS) is 1. The van der Waals surface area contributed by atoms with Crippen LogP contribution in [0.5, 0.6) is 0 Å². The molecule has 7 aliphatic rings. The summed E-state index contributed by atoms with van der Waals surface area (Å²) in [5.74, 6) is -2.05. The van der Waals surface area contributed by atoms with E-state index in [1.807, 2.05) is 6.92 Å². The molecule has 0 radical (unpaired) electrons. The van der Waals surface area contributed by atoms with Crippen molar-refractivity contribution in [2.24, 2.45) is 50.2 Å². The maximum absolute atomic E-state index is 13.3. The van der Waals surface area contributed by atoms with E-state index < -0.39 is 100 Å². The zero-order valence-corrected chi connectivity index (χ0v) is 32.9. The van der Waals surface area contributed by atoms with Gasteiger partial charge in [0, 0.05) is 16.4 Å². The van der Waals surface area contributed by atoms with Crippen LogP contribution in [0, 0.1) is 50.2 Å². The van der Waals surface area contributed by atoms with Crippen molar-refractivity contribution < 1.29 is 64.3 Å². The average molecular weight is 763 g/mol. The Hall–Kier alpha value is -1.94. The molecule has 2 aliphatic heterocycles. The van der Waals surface area contributed by atoms with Crippen LogP contribution in [0.4, 0.5) is 0 Å². The zero-order chi connectivity index (χ0) is 39.7. The van der Waals surface area contributed by atoms with Crippen LogP contribution in [0.1, 0.15) is 93.9 Å². The second kappa shape index (κ2) is 13.0. The Kier molecular flexibility index (Phi) is 9.72. The molecule has 304 valence electrons. The Labute approximate surface area is 317 Å². The highest BCUT2D eigenvalue weighted by atomic mass is 16.7. The van der Waals surface area contributed by atoms with E-state index in [0.29, 0.717) is 18.4 Å². The molecule has 0 aromatic carbocycles. The molecule has 18 atom stereocenters. The summed E-state index contributed by atoms with van der Waals surface area (Å²) < 4.78 is 25.0. The maximum atomic E-state index is 13.3. The van der Waals surface area contributed by atoms with Crippen LogP contribution >= 0.6 is 0 Å². The van der Waals surface area contributed by atoms with Gasteiger partial charge >= 0.3 is 11.9 Å². The number of aliphatic hydroxyl groups is 6. The van der Waals surface area contributed by atoms with Crippen LogP contribution < -0.4 is 0 Å². The van der Waals surface area contributed by atoms with Gasteiger partial charge in [0.2, 0.25) is 0 Å². The Morgan fingerprint density at radius 1 is 0.907 bits per heavy atom. The minimum atomic E-state index is -1.80. The first-order valence-corrected chi connectivity index (χ1v) is 19.8. The van der Waals surface area contributed by atoms with Crippen molar-refractivity contribution in [3.63, 3.8) is 0 Å². The minimum Gasteiger partial charge on any atom is -0.479 e. The molecular weight excluding hydrogens is 700 g/mol. The quantitative estimate of drug-likeness (QED) is 0.0861. The van der Waals surface area contributed by atoms with Gasteiger partial charge in [0.05, 0.1) is 36.9 Å². The van der Waals surface area contributed by atoms with Gasteiger partial charge in [-0.05, 0) is 86.4 Å². The number of hydrogen-bond donors (Lipinski definition) is 7. The third-order valence-corrected chi connectivity index (χ3v) is 17.0. The molecule has 6 fully saturated rings.